The molecule has 0 radical (unpaired) electrons. The van der Waals surface area contributed by atoms with Gasteiger partial charge in [0.1, 0.15) is 17.3 Å². The number of rotatable bonds is 1. The second-order valence-electron chi connectivity index (χ2n) is 3.97. The molecule has 0 atom stereocenters. The van der Waals surface area contributed by atoms with Crippen molar-refractivity contribution >= 4 is 34.9 Å². The molecule has 3 aromatic rings. The first-order valence-corrected chi connectivity index (χ1v) is 6.22. The summed E-state index contributed by atoms with van der Waals surface area (Å²) in [6.45, 7) is 0. The number of para-hydroxylation sites is 2. The average molecular weight is 297 g/mol. The molecule has 0 spiro atoms. The number of aromatic amines is 1. The predicted molar refractivity (Wildman–Crippen MR) is 73.4 cm³/mol. The van der Waals surface area contributed by atoms with Gasteiger partial charge in [0.15, 0.2) is 4.77 Å². The fourth-order valence-corrected chi connectivity index (χ4v) is 2.53. The van der Waals surface area contributed by atoms with Crippen molar-refractivity contribution in [1.29, 1.82) is 0 Å². The van der Waals surface area contributed by atoms with Gasteiger partial charge in [0.05, 0.1) is 16.1 Å². The summed E-state index contributed by atoms with van der Waals surface area (Å²) in [5.41, 5.74) is 0.874. The number of aromatic nitrogens is 2. The van der Waals surface area contributed by atoms with Crippen LogP contribution in [0.3, 0.4) is 0 Å². The zero-order valence-electron chi connectivity index (χ0n) is 9.45. The third kappa shape index (κ3) is 1.86. The maximum absolute atomic E-state index is 13.9. The maximum Gasteiger partial charge on any atom is 0.182 e. The smallest absolute Gasteiger partial charge is 0.182 e. The number of benzene rings is 2. The van der Waals surface area contributed by atoms with Crippen molar-refractivity contribution in [3.05, 3.63) is 57.8 Å². The van der Waals surface area contributed by atoms with Gasteiger partial charge in [0.25, 0.3) is 0 Å². The second kappa shape index (κ2) is 4.43. The highest BCUT2D eigenvalue weighted by atomic mass is 35.5. The van der Waals surface area contributed by atoms with Gasteiger partial charge in [-0.1, -0.05) is 23.7 Å². The predicted octanol–water partition coefficient (Wildman–Crippen LogP) is 4.62. The Balaban J connectivity index is 2.47. The monoisotopic (exact) mass is 296 g/mol. The number of fused-ring (bicyclic) bond motifs is 1. The zero-order valence-corrected chi connectivity index (χ0v) is 11.0. The minimum Gasteiger partial charge on any atom is -0.329 e. The van der Waals surface area contributed by atoms with Crippen LogP contribution in [-0.4, -0.2) is 9.55 Å². The average Bonchev–Trinajstić information content (AvgIpc) is 2.68. The number of H-pyrrole nitrogens is 1. The molecule has 96 valence electrons. The lowest BCUT2D eigenvalue weighted by Crippen LogP contribution is -2.01. The van der Waals surface area contributed by atoms with Gasteiger partial charge in [-0.25, -0.2) is 8.78 Å². The van der Waals surface area contributed by atoms with Crippen LogP contribution >= 0.6 is 23.8 Å². The molecule has 1 aromatic heterocycles. The van der Waals surface area contributed by atoms with Gasteiger partial charge in [0, 0.05) is 0 Å². The van der Waals surface area contributed by atoms with Crippen LogP contribution in [0.1, 0.15) is 0 Å². The molecule has 0 aliphatic carbocycles. The molecule has 0 saturated carbocycles. The lowest BCUT2D eigenvalue weighted by Gasteiger charge is -2.07. The van der Waals surface area contributed by atoms with E-state index in [1.807, 2.05) is 0 Å². The highest BCUT2D eigenvalue weighted by Gasteiger charge is 2.15. The van der Waals surface area contributed by atoms with E-state index in [4.69, 9.17) is 23.8 Å². The van der Waals surface area contributed by atoms with E-state index in [2.05, 4.69) is 4.98 Å². The lowest BCUT2D eigenvalue weighted by molar-refractivity contribution is 0.570. The number of halogens is 3. The molecule has 1 N–H and O–H groups in total. The molecule has 0 aliphatic heterocycles. The summed E-state index contributed by atoms with van der Waals surface area (Å²) in [6.07, 6.45) is 0. The Morgan fingerprint density at radius 1 is 1.05 bits per heavy atom. The van der Waals surface area contributed by atoms with Crippen molar-refractivity contribution in [2.75, 3.05) is 0 Å². The van der Waals surface area contributed by atoms with E-state index in [1.165, 1.54) is 22.8 Å². The second-order valence-corrected chi connectivity index (χ2v) is 4.76. The van der Waals surface area contributed by atoms with Crippen molar-refractivity contribution in [1.82, 2.24) is 9.55 Å². The molecule has 0 fully saturated rings. The molecular formula is C13H7ClF2N2S. The van der Waals surface area contributed by atoms with Crippen LogP contribution < -0.4 is 0 Å². The van der Waals surface area contributed by atoms with E-state index in [-0.39, 0.29) is 10.5 Å². The van der Waals surface area contributed by atoms with Crippen molar-refractivity contribution in [3.8, 4) is 5.69 Å². The highest BCUT2D eigenvalue weighted by Crippen LogP contribution is 2.27. The Morgan fingerprint density at radius 3 is 2.37 bits per heavy atom. The number of imidazole rings is 1. The first kappa shape index (κ1) is 12.3. The molecule has 19 heavy (non-hydrogen) atoms. The largest absolute Gasteiger partial charge is 0.329 e. The molecule has 0 aliphatic rings. The molecule has 0 bridgehead atoms. The summed E-state index contributed by atoms with van der Waals surface area (Å²) in [6, 6.07) is 8.74. The van der Waals surface area contributed by atoms with Crippen molar-refractivity contribution < 1.29 is 8.78 Å². The minimum absolute atomic E-state index is 0.187. The summed E-state index contributed by atoms with van der Waals surface area (Å²) < 4.78 is 29.2. The fraction of sp³-hybridized carbons (Fsp3) is 0. The van der Waals surface area contributed by atoms with E-state index in [0.717, 1.165) is 0 Å². The van der Waals surface area contributed by atoms with Gasteiger partial charge >= 0.3 is 0 Å². The number of nitrogens with zero attached hydrogens (tertiary/aromatic N) is 1. The van der Waals surface area contributed by atoms with Crippen LogP contribution in [0.4, 0.5) is 8.78 Å². The normalized spacial score (nSPS) is 11.1. The van der Waals surface area contributed by atoms with Gasteiger partial charge in [0.2, 0.25) is 0 Å². The van der Waals surface area contributed by atoms with E-state index in [0.29, 0.717) is 16.1 Å². The SMILES string of the molecule is Fc1cccc(F)c1-n1c(=S)[nH]c2c(Cl)cccc21. The summed E-state index contributed by atoms with van der Waals surface area (Å²) in [7, 11) is 0. The maximum atomic E-state index is 13.9. The van der Waals surface area contributed by atoms with Crippen molar-refractivity contribution in [2.45, 2.75) is 0 Å². The van der Waals surface area contributed by atoms with E-state index in [1.54, 1.807) is 18.2 Å². The van der Waals surface area contributed by atoms with E-state index < -0.39 is 11.6 Å². The van der Waals surface area contributed by atoms with E-state index >= 15 is 0 Å². The quantitative estimate of drug-likeness (QED) is 0.650. The van der Waals surface area contributed by atoms with Crippen LogP contribution in [0.15, 0.2) is 36.4 Å². The molecule has 0 saturated heterocycles. The Labute approximate surface area is 117 Å². The van der Waals surface area contributed by atoms with Crippen LogP contribution in [0, 0.1) is 16.4 Å². The third-order valence-electron chi connectivity index (χ3n) is 2.83. The van der Waals surface area contributed by atoms with Gasteiger partial charge in [-0.05, 0) is 36.5 Å². The van der Waals surface area contributed by atoms with Crippen LogP contribution in [-0.2, 0) is 0 Å². The number of hydrogen-bond acceptors (Lipinski definition) is 1. The summed E-state index contributed by atoms with van der Waals surface area (Å²) >= 11 is 11.2. The first-order chi connectivity index (χ1) is 9.09. The fourth-order valence-electron chi connectivity index (χ4n) is 2.02. The van der Waals surface area contributed by atoms with Crippen LogP contribution in [0.2, 0.25) is 5.02 Å². The standard InChI is InChI=1S/C13H7ClF2N2S/c14-7-3-1-6-10-11(7)17-13(19)18(10)12-8(15)4-2-5-9(12)16/h1-6H,(H,17,19). The Hall–Kier alpha value is -1.72. The van der Waals surface area contributed by atoms with Gasteiger partial charge < -0.3 is 4.98 Å². The molecule has 0 amide bonds. The van der Waals surface area contributed by atoms with E-state index in [9.17, 15) is 8.78 Å². The summed E-state index contributed by atoms with van der Waals surface area (Å²) in [5, 5.41) is 0.444. The minimum atomic E-state index is -0.683. The third-order valence-corrected chi connectivity index (χ3v) is 3.43. The zero-order chi connectivity index (χ0) is 13.6. The molecular weight excluding hydrogens is 290 g/mol. The Morgan fingerprint density at radius 2 is 1.68 bits per heavy atom. The number of hydrogen-bond donors (Lipinski definition) is 1. The molecule has 2 aromatic carbocycles. The first-order valence-electron chi connectivity index (χ1n) is 5.43. The Kier molecular flexibility index (Phi) is 2.88. The van der Waals surface area contributed by atoms with Crippen LogP contribution in [0.5, 0.6) is 0 Å². The summed E-state index contributed by atoms with van der Waals surface area (Å²) in [4.78, 5) is 2.86. The highest BCUT2D eigenvalue weighted by molar-refractivity contribution is 7.71. The molecule has 2 nitrogen and oxygen atoms in total. The van der Waals surface area contributed by atoms with Crippen molar-refractivity contribution in [2.24, 2.45) is 0 Å². The molecule has 6 heteroatoms. The van der Waals surface area contributed by atoms with Gasteiger partial charge in [-0.3, -0.25) is 4.57 Å². The van der Waals surface area contributed by atoms with Gasteiger partial charge in [-0.2, -0.15) is 0 Å². The lowest BCUT2D eigenvalue weighted by atomic mass is 10.2. The number of nitrogens with one attached hydrogen (secondary N) is 1. The topological polar surface area (TPSA) is 20.7 Å². The summed E-state index contributed by atoms with van der Waals surface area (Å²) in [5.74, 6) is -1.37. The molecule has 3 rings (SSSR count). The molecule has 0 unspecified atom stereocenters. The Bertz CT molecular complexity index is 818. The molecule has 1 heterocycles. The van der Waals surface area contributed by atoms with Crippen molar-refractivity contribution in [3.63, 3.8) is 0 Å². The van der Waals surface area contributed by atoms with Gasteiger partial charge in [-0.15, -0.1) is 0 Å². The van der Waals surface area contributed by atoms with Crippen LogP contribution in [0.25, 0.3) is 16.7 Å².